The van der Waals surface area contributed by atoms with Crippen molar-refractivity contribution in [1.82, 2.24) is 19.9 Å². The molecular weight excluding hydrogens is 406 g/mol. The standard InChI is InChI=1S/C21H22ClN5O3/c22-15-3-1-2-14(8-15)19(11-28)26-21(29)18-10-27(13-24-18)17-4-6-23-20(9-17)25-16-5-7-30-12-16/h1-4,6,8-10,13,16,19,28H,5,7,11-12H2,(H,23,25)(H,26,29). The summed E-state index contributed by atoms with van der Waals surface area (Å²) in [5.41, 5.74) is 1.79. The average Bonchev–Trinajstić information content (AvgIpc) is 3.44. The van der Waals surface area contributed by atoms with Gasteiger partial charge < -0.3 is 25.0 Å². The zero-order chi connectivity index (χ0) is 20.9. The molecule has 1 amide bonds. The summed E-state index contributed by atoms with van der Waals surface area (Å²) in [4.78, 5) is 21.2. The lowest BCUT2D eigenvalue weighted by molar-refractivity contribution is 0.0911. The highest BCUT2D eigenvalue weighted by molar-refractivity contribution is 6.30. The number of halogens is 1. The Labute approximate surface area is 178 Å². The Bertz CT molecular complexity index is 1020. The lowest BCUT2D eigenvalue weighted by Crippen LogP contribution is -2.31. The molecule has 8 nitrogen and oxygen atoms in total. The van der Waals surface area contributed by atoms with Gasteiger partial charge in [0.2, 0.25) is 0 Å². The number of aliphatic hydroxyl groups is 1. The van der Waals surface area contributed by atoms with Gasteiger partial charge in [-0.3, -0.25) is 4.79 Å². The largest absolute Gasteiger partial charge is 0.394 e. The first-order valence-electron chi connectivity index (χ1n) is 9.64. The van der Waals surface area contributed by atoms with Crippen molar-refractivity contribution < 1.29 is 14.6 Å². The molecule has 1 aliphatic heterocycles. The fourth-order valence-electron chi connectivity index (χ4n) is 3.29. The summed E-state index contributed by atoms with van der Waals surface area (Å²) >= 11 is 6.01. The van der Waals surface area contributed by atoms with Gasteiger partial charge in [-0.1, -0.05) is 23.7 Å². The van der Waals surface area contributed by atoms with Gasteiger partial charge in [-0.05, 0) is 30.2 Å². The van der Waals surface area contributed by atoms with Crippen LogP contribution >= 0.6 is 11.6 Å². The zero-order valence-corrected chi connectivity index (χ0v) is 16.9. The van der Waals surface area contributed by atoms with Crippen molar-refractivity contribution in [3.8, 4) is 5.69 Å². The van der Waals surface area contributed by atoms with E-state index in [0.29, 0.717) is 11.6 Å². The van der Waals surface area contributed by atoms with Crippen molar-refractivity contribution in [2.45, 2.75) is 18.5 Å². The summed E-state index contributed by atoms with van der Waals surface area (Å²) in [6.45, 7) is 1.17. The summed E-state index contributed by atoms with van der Waals surface area (Å²) in [6.07, 6.45) is 5.85. The number of aliphatic hydroxyl groups excluding tert-OH is 1. The molecule has 1 aliphatic rings. The number of nitrogens with zero attached hydrogens (tertiary/aromatic N) is 3. The molecule has 0 aliphatic carbocycles. The highest BCUT2D eigenvalue weighted by atomic mass is 35.5. The minimum Gasteiger partial charge on any atom is -0.394 e. The fourth-order valence-corrected chi connectivity index (χ4v) is 3.49. The van der Waals surface area contributed by atoms with Gasteiger partial charge in [0.15, 0.2) is 0 Å². The summed E-state index contributed by atoms with van der Waals surface area (Å²) < 4.78 is 7.13. The maximum Gasteiger partial charge on any atom is 0.272 e. The maximum absolute atomic E-state index is 12.6. The Balaban J connectivity index is 1.46. The second-order valence-corrected chi connectivity index (χ2v) is 7.47. The minimum atomic E-state index is -0.577. The van der Waals surface area contributed by atoms with Crippen LogP contribution in [0.5, 0.6) is 0 Å². The SMILES string of the molecule is O=C(NC(CO)c1cccc(Cl)c1)c1cn(-c2ccnc(NC3CCOC3)c2)cn1. The van der Waals surface area contributed by atoms with Crippen LogP contribution in [0.1, 0.15) is 28.5 Å². The van der Waals surface area contributed by atoms with E-state index in [1.54, 1.807) is 47.6 Å². The molecule has 30 heavy (non-hydrogen) atoms. The van der Waals surface area contributed by atoms with Gasteiger partial charge in [-0.25, -0.2) is 9.97 Å². The number of nitrogens with one attached hydrogen (secondary N) is 2. The minimum absolute atomic E-state index is 0.242. The monoisotopic (exact) mass is 427 g/mol. The number of rotatable bonds is 7. The summed E-state index contributed by atoms with van der Waals surface area (Å²) in [6, 6.07) is 10.4. The number of imidazole rings is 1. The van der Waals surface area contributed by atoms with Gasteiger partial charge in [-0.15, -0.1) is 0 Å². The molecule has 0 spiro atoms. The predicted octanol–water partition coefficient (Wildman–Crippen LogP) is 2.58. The van der Waals surface area contributed by atoms with Crippen molar-refractivity contribution >= 4 is 23.3 Å². The Kier molecular flexibility index (Phi) is 6.27. The lowest BCUT2D eigenvalue weighted by Gasteiger charge is -2.16. The van der Waals surface area contributed by atoms with E-state index in [4.69, 9.17) is 16.3 Å². The Morgan fingerprint density at radius 2 is 2.23 bits per heavy atom. The molecule has 0 bridgehead atoms. The maximum atomic E-state index is 12.6. The molecular formula is C21H22ClN5O3. The highest BCUT2D eigenvalue weighted by Gasteiger charge is 2.18. The van der Waals surface area contributed by atoms with E-state index in [0.717, 1.165) is 30.1 Å². The number of hydrogen-bond donors (Lipinski definition) is 3. The fraction of sp³-hybridized carbons (Fsp3) is 0.286. The molecule has 2 unspecified atom stereocenters. The van der Waals surface area contributed by atoms with Crippen LogP contribution in [0.4, 0.5) is 5.82 Å². The summed E-state index contributed by atoms with van der Waals surface area (Å²) in [5, 5.41) is 16.4. The van der Waals surface area contributed by atoms with Crippen molar-refractivity contribution in [3.05, 3.63) is 71.4 Å². The van der Waals surface area contributed by atoms with E-state index in [-0.39, 0.29) is 24.2 Å². The number of carbonyl (C=O) groups excluding carboxylic acids is 1. The van der Waals surface area contributed by atoms with E-state index < -0.39 is 6.04 Å². The van der Waals surface area contributed by atoms with Crippen LogP contribution in [0.15, 0.2) is 55.1 Å². The quantitative estimate of drug-likeness (QED) is 0.535. The normalized spacial score (nSPS) is 16.9. The molecule has 9 heteroatoms. The number of benzene rings is 1. The van der Waals surface area contributed by atoms with Gasteiger partial charge in [0.05, 0.1) is 31.0 Å². The molecule has 3 heterocycles. The molecule has 3 aromatic rings. The van der Waals surface area contributed by atoms with Crippen LogP contribution in [0, 0.1) is 0 Å². The van der Waals surface area contributed by atoms with Gasteiger partial charge in [0.1, 0.15) is 17.8 Å². The molecule has 1 aromatic carbocycles. The smallest absolute Gasteiger partial charge is 0.272 e. The second-order valence-electron chi connectivity index (χ2n) is 7.03. The van der Waals surface area contributed by atoms with Crippen LogP contribution in [0.2, 0.25) is 5.02 Å². The van der Waals surface area contributed by atoms with Gasteiger partial charge in [0, 0.05) is 30.1 Å². The van der Waals surface area contributed by atoms with E-state index in [1.807, 2.05) is 12.1 Å². The van der Waals surface area contributed by atoms with Crippen LogP contribution in [0.3, 0.4) is 0 Å². The number of aromatic nitrogens is 3. The summed E-state index contributed by atoms with van der Waals surface area (Å²) in [5.74, 6) is 0.354. The number of pyridine rings is 1. The third-order valence-corrected chi connectivity index (χ3v) is 5.11. The third kappa shape index (κ3) is 4.79. The topological polar surface area (TPSA) is 101 Å². The molecule has 4 rings (SSSR count). The molecule has 0 radical (unpaired) electrons. The van der Waals surface area contributed by atoms with Crippen molar-refractivity contribution in [1.29, 1.82) is 0 Å². The molecule has 2 atom stereocenters. The molecule has 0 saturated carbocycles. The molecule has 2 aromatic heterocycles. The lowest BCUT2D eigenvalue weighted by atomic mass is 10.1. The van der Waals surface area contributed by atoms with E-state index in [2.05, 4.69) is 20.6 Å². The van der Waals surface area contributed by atoms with Crippen molar-refractivity contribution in [2.24, 2.45) is 0 Å². The first-order valence-corrected chi connectivity index (χ1v) is 10.0. The Morgan fingerprint density at radius 3 is 3.00 bits per heavy atom. The van der Waals surface area contributed by atoms with Gasteiger partial charge in [0.25, 0.3) is 5.91 Å². The molecule has 1 fully saturated rings. The number of hydrogen-bond acceptors (Lipinski definition) is 6. The zero-order valence-electron chi connectivity index (χ0n) is 16.2. The van der Waals surface area contributed by atoms with Crippen molar-refractivity contribution in [2.75, 3.05) is 25.1 Å². The van der Waals surface area contributed by atoms with E-state index in [9.17, 15) is 9.90 Å². The highest BCUT2D eigenvalue weighted by Crippen LogP contribution is 2.19. The second kappa shape index (κ2) is 9.25. The van der Waals surface area contributed by atoms with Crippen LogP contribution in [0.25, 0.3) is 5.69 Å². The van der Waals surface area contributed by atoms with Crippen LogP contribution in [-0.2, 0) is 4.74 Å². The molecule has 156 valence electrons. The molecule has 1 saturated heterocycles. The van der Waals surface area contributed by atoms with Gasteiger partial charge >= 0.3 is 0 Å². The number of amides is 1. The van der Waals surface area contributed by atoms with Crippen molar-refractivity contribution in [3.63, 3.8) is 0 Å². The number of anilines is 1. The van der Waals surface area contributed by atoms with E-state index in [1.165, 1.54) is 0 Å². The first-order chi connectivity index (χ1) is 14.6. The number of ether oxygens (including phenoxy) is 1. The van der Waals surface area contributed by atoms with Crippen LogP contribution in [-0.4, -0.2) is 51.4 Å². The van der Waals surface area contributed by atoms with Gasteiger partial charge in [-0.2, -0.15) is 0 Å². The molecule has 3 N–H and O–H groups in total. The predicted molar refractivity (Wildman–Crippen MR) is 113 cm³/mol. The Hall–Kier alpha value is -2.94. The first kappa shape index (κ1) is 20.3. The van der Waals surface area contributed by atoms with E-state index >= 15 is 0 Å². The third-order valence-electron chi connectivity index (χ3n) is 4.88. The Morgan fingerprint density at radius 1 is 1.33 bits per heavy atom. The van der Waals surface area contributed by atoms with Crippen LogP contribution < -0.4 is 10.6 Å². The summed E-state index contributed by atoms with van der Waals surface area (Å²) in [7, 11) is 0. The number of carbonyl (C=O) groups is 1. The average molecular weight is 428 g/mol.